The Labute approximate surface area is 225 Å². The molecule has 3 aromatic rings. The van der Waals surface area contributed by atoms with E-state index in [1.165, 1.54) is 21.3 Å². The van der Waals surface area contributed by atoms with Gasteiger partial charge in [0.1, 0.15) is 15.7 Å². The smallest absolute Gasteiger partial charge is 0.260 e. The molecule has 4 rings (SSSR count). The maximum absolute atomic E-state index is 13.3. The van der Waals surface area contributed by atoms with Crippen LogP contribution in [0.1, 0.15) is 23.7 Å². The molecule has 0 unspecified atom stereocenters. The fourth-order valence-corrected chi connectivity index (χ4v) is 6.05. The largest absolute Gasteiger partial charge is 0.482 e. The average Bonchev–Trinajstić information content (AvgIpc) is 2.92. The summed E-state index contributed by atoms with van der Waals surface area (Å²) in [5.74, 6) is -0.456. The second-order valence-corrected chi connectivity index (χ2v) is 11.1. The number of hydrogen-bond donors (Lipinski definition) is 0. The van der Waals surface area contributed by atoms with Crippen molar-refractivity contribution in [3.05, 3.63) is 76.4 Å². The van der Waals surface area contributed by atoms with Crippen LogP contribution in [0, 0.1) is 0 Å². The van der Waals surface area contributed by atoms with Crippen molar-refractivity contribution in [3.63, 3.8) is 0 Å². The lowest BCUT2D eigenvalue weighted by Crippen LogP contribution is -2.51. The number of ether oxygens (including phenoxy) is 1. The summed E-state index contributed by atoms with van der Waals surface area (Å²) in [6, 6.07) is 11.6. The molecule has 37 heavy (non-hydrogen) atoms. The van der Waals surface area contributed by atoms with Gasteiger partial charge < -0.3 is 9.64 Å². The highest BCUT2D eigenvalue weighted by Gasteiger charge is 2.31. The number of para-hydroxylation sites is 1. The van der Waals surface area contributed by atoms with E-state index in [-0.39, 0.29) is 70.7 Å². The van der Waals surface area contributed by atoms with E-state index in [0.717, 1.165) is 5.39 Å². The van der Waals surface area contributed by atoms with Crippen LogP contribution in [0.5, 0.6) is 5.75 Å². The Morgan fingerprint density at radius 2 is 1.73 bits per heavy atom. The first kappa shape index (κ1) is 27.1. The highest BCUT2D eigenvalue weighted by Crippen LogP contribution is 2.36. The van der Waals surface area contributed by atoms with Gasteiger partial charge in [-0.2, -0.15) is 4.31 Å². The Morgan fingerprint density at radius 3 is 2.43 bits per heavy atom. The van der Waals surface area contributed by atoms with Crippen LogP contribution in [0.25, 0.3) is 10.9 Å². The van der Waals surface area contributed by atoms with Gasteiger partial charge in [-0.05, 0) is 36.3 Å². The summed E-state index contributed by atoms with van der Waals surface area (Å²) >= 11 is 12.6. The number of ketones is 1. The molecule has 2 heterocycles. The average molecular weight is 562 g/mol. The number of benzene rings is 2. The molecule has 1 fully saturated rings. The van der Waals surface area contributed by atoms with Crippen molar-refractivity contribution >= 4 is 55.8 Å². The van der Waals surface area contributed by atoms with E-state index in [1.807, 2.05) is 19.1 Å². The number of rotatable bonds is 8. The van der Waals surface area contributed by atoms with Crippen molar-refractivity contribution in [2.75, 3.05) is 32.8 Å². The van der Waals surface area contributed by atoms with Gasteiger partial charge >= 0.3 is 0 Å². The highest BCUT2D eigenvalue weighted by atomic mass is 35.5. The number of carbonyl (C=O) groups excluding carboxylic acids is 2. The standard InChI is InChI=1S/C26H25Cl2N3O5S/c1-3-17(2)26(33)19-9-10-20(24(28)23(19)27)36-16-22(32)30-12-14-31(15-13-30)37(34,35)21-8-4-6-18-7-5-11-29-25(18)21/h4-11H,2-3,12-16H2,1H3. The molecule has 1 amide bonds. The number of carbonyl (C=O) groups is 2. The molecule has 1 aliphatic rings. The normalized spacial score (nSPS) is 14.5. The van der Waals surface area contributed by atoms with Crippen molar-refractivity contribution in [1.29, 1.82) is 0 Å². The van der Waals surface area contributed by atoms with Gasteiger partial charge in [0.2, 0.25) is 10.0 Å². The molecule has 0 radical (unpaired) electrons. The summed E-state index contributed by atoms with van der Waals surface area (Å²) in [4.78, 5) is 31.1. The maximum Gasteiger partial charge on any atom is 0.260 e. The first-order valence-electron chi connectivity index (χ1n) is 11.6. The summed E-state index contributed by atoms with van der Waals surface area (Å²) in [5.41, 5.74) is 1.04. The van der Waals surface area contributed by atoms with E-state index in [0.29, 0.717) is 17.5 Å². The number of nitrogens with zero attached hydrogens (tertiary/aromatic N) is 3. The highest BCUT2D eigenvalue weighted by molar-refractivity contribution is 7.89. The number of amides is 1. The zero-order chi connectivity index (χ0) is 26.7. The molecule has 1 aliphatic heterocycles. The van der Waals surface area contributed by atoms with E-state index in [2.05, 4.69) is 11.6 Å². The minimum atomic E-state index is -3.79. The van der Waals surface area contributed by atoms with Gasteiger partial charge in [0.25, 0.3) is 5.91 Å². The lowest BCUT2D eigenvalue weighted by atomic mass is 10.0. The van der Waals surface area contributed by atoms with E-state index >= 15 is 0 Å². The minimum Gasteiger partial charge on any atom is -0.482 e. The van der Waals surface area contributed by atoms with Gasteiger partial charge in [-0.15, -0.1) is 0 Å². The fraction of sp³-hybridized carbons (Fsp3) is 0.269. The predicted octanol–water partition coefficient (Wildman–Crippen LogP) is 4.60. The van der Waals surface area contributed by atoms with Crippen molar-refractivity contribution in [1.82, 2.24) is 14.2 Å². The molecule has 0 N–H and O–H groups in total. The zero-order valence-corrected chi connectivity index (χ0v) is 22.4. The van der Waals surface area contributed by atoms with Crippen LogP contribution in [-0.4, -0.2) is 67.1 Å². The van der Waals surface area contributed by atoms with Gasteiger partial charge in [0.15, 0.2) is 12.4 Å². The molecule has 8 nitrogen and oxygen atoms in total. The van der Waals surface area contributed by atoms with Gasteiger partial charge in [0, 0.05) is 43.3 Å². The number of aromatic nitrogens is 1. The van der Waals surface area contributed by atoms with Crippen LogP contribution >= 0.6 is 23.2 Å². The third-order valence-corrected chi connectivity index (χ3v) is 8.99. The molecule has 1 aromatic heterocycles. The topological polar surface area (TPSA) is 96.9 Å². The third-order valence-electron chi connectivity index (χ3n) is 6.20. The molecule has 0 saturated carbocycles. The monoisotopic (exact) mass is 561 g/mol. The number of sulfonamides is 1. The summed E-state index contributed by atoms with van der Waals surface area (Å²) in [6.45, 7) is 5.93. The van der Waals surface area contributed by atoms with Gasteiger partial charge in [-0.3, -0.25) is 14.6 Å². The number of hydrogen-bond acceptors (Lipinski definition) is 6. The SMILES string of the molecule is C=C(CC)C(=O)c1ccc(OCC(=O)N2CCN(S(=O)(=O)c3cccc4cccnc34)CC2)c(Cl)c1Cl. The van der Waals surface area contributed by atoms with Crippen LogP contribution in [0.4, 0.5) is 0 Å². The molecular formula is C26H25Cl2N3O5S. The number of halogens is 2. The van der Waals surface area contributed by atoms with Crippen LogP contribution < -0.4 is 4.74 Å². The van der Waals surface area contributed by atoms with E-state index in [1.54, 1.807) is 24.4 Å². The summed E-state index contributed by atoms with van der Waals surface area (Å²) in [5, 5.41) is 0.804. The number of allylic oxidation sites excluding steroid dienone is 1. The zero-order valence-electron chi connectivity index (χ0n) is 20.1. The number of Topliss-reactive ketones (excluding diaryl/α,β-unsaturated/α-hetero) is 1. The van der Waals surface area contributed by atoms with E-state index in [9.17, 15) is 18.0 Å². The van der Waals surface area contributed by atoms with Gasteiger partial charge in [-0.1, -0.05) is 54.9 Å². The number of fused-ring (bicyclic) bond motifs is 1. The Balaban J connectivity index is 1.38. The third kappa shape index (κ3) is 5.50. The van der Waals surface area contributed by atoms with E-state index in [4.69, 9.17) is 27.9 Å². The fourth-order valence-electron chi connectivity index (χ4n) is 4.00. The van der Waals surface area contributed by atoms with Crippen molar-refractivity contribution in [2.45, 2.75) is 18.2 Å². The van der Waals surface area contributed by atoms with Crippen molar-refractivity contribution < 1.29 is 22.7 Å². The second-order valence-electron chi connectivity index (χ2n) is 8.43. The lowest BCUT2D eigenvalue weighted by Gasteiger charge is -2.34. The molecule has 194 valence electrons. The van der Waals surface area contributed by atoms with E-state index < -0.39 is 10.0 Å². The first-order chi connectivity index (χ1) is 17.6. The maximum atomic E-state index is 13.3. The van der Waals surface area contributed by atoms with Crippen LogP contribution in [0.15, 0.2) is 65.7 Å². The minimum absolute atomic E-state index is 0.0313. The van der Waals surface area contributed by atoms with Gasteiger partial charge in [-0.25, -0.2) is 8.42 Å². The molecule has 11 heteroatoms. The van der Waals surface area contributed by atoms with Crippen molar-refractivity contribution in [2.24, 2.45) is 0 Å². The summed E-state index contributed by atoms with van der Waals surface area (Å²) in [7, 11) is -3.79. The molecular weight excluding hydrogens is 537 g/mol. The first-order valence-corrected chi connectivity index (χ1v) is 13.8. The second kappa shape index (κ2) is 11.2. The molecule has 0 spiro atoms. The summed E-state index contributed by atoms with van der Waals surface area (Å²) < 4.78 is 33.5. The molecule has 0 bridgehead atoms. The number of piperazine rings is 1. The molecule has 1 saturated heterocycles. The van der Waals surface area contributed by atoms with Gasteiger partial charge in [0.05, 0.1) is 10.5 Å². The Bertz CT molecular complexity index is 1480. The molecule has 0 atom stereocenters. The summed E-state index contributed by atoms with van der Waals surface area (Å²) in [6.07, 6.45) is 2.04. The van der Waals surface area contributed by atoms with Crippen molar-refractivity contribution in [3.8, 4) is 5.75 Å². The Morgan fingerprint density at radius 1 is 1.03 bits per heavy atom. The molecule has 2 aromatic carbocycles. The lowest BCUT2D eigenvalue weighted by molar-refractivity contribution is -0.134. The van der Waals surface area contributed by atoms with Crippen LogP contribution in [0.2, 0.25) is 10.0 Å². The molecule has 0 aliphatic carbocycles. The quantitative estimate of drug-likeness (QED) is 0.294. The predicted molar refractivity (Wildman–Crippen MR) is 143 cm³/mol. The Hall–Kier alpha value is -2.98. The Kier molecular flexibility index (Phi) is 8.18. The van der Waals surface area contributed by atoms with Crippen LogP contribution in [-0.2, 0) is 14.8 Å². The number of pyridine rings is 1. The van der Waals surface area contributed by atoms with Crippen LogP contribution in [0.3, 0.4) is 0 Å².